The molecule has 0 radical (unpaired) electrons. The van der Waals surface area contributed by atoms with Crippen LogP contribution in [0, 0.1) is 10.8 Å². The minimum atomic E-state index is -5.86. The number of benzene rings is 1. The van der Waals surface area contributed by atoms with Crippen LogP contribution in [-0.4, -0.2) is 45.8 Å². The average molecular weight is 547 g/mol. The zero-order chi connectivity index (χ0) is 28.2. The maximum atomic E-state index is 13.6. The van der Waals surface area contributed by atoms with Gasteiger partial charge < -0.3 is 9.26 Å². The van der Waals surface area contributed by atoms with Crippen LogP contribution in [0.5, 0.6) is 5.75 Å². The van der Waals surface area contributed by atoms with Crippen LogP contribution in [0.15, 0.2) is 22.7 Å². The lowest BCUT2D eigenvalue weighted by molar-refractivity contribution is -0.340. The molecule has 7 nitrogen and oxygen atoms in total. The molecule has 204 valence electrons. The molecule has 0 saturated carbocycles. The first-order valence-corrected chi connectivity index (χ1v) is 10.3. The summed E-state index contributed by atoms with van der Waals surface area (Å²) in [6.45, 7) is 0.242. The van der Waals surface area contributed by atoms with E-state index in [9.17, 15) is 49.1 Å². The second-order valence-corrected chi connectivity index (χ2v) is 9.18. The van der Waals surface area contributed by atoms with Gasteiger partial charge in [-0.05, 0) is 25.1 Å². The van der Waals surface area contributed by atoms with Crippen molar-refractivity contribution in [3.05, 3.63) is 29.7 Å². The number of amides is 2. The molecule has 2 amide bonds. The van der Waals surface area contributed by atoms with Crippen LogP contribution in [0.3, 0.4) is 0 Å². The first-order chi connectivity index (χ1) is 16.7. The number of carbonyl (C=O) groups excluding carboxylic acids is 2. The van der Waals surface area contributed by atoms with E-state index in [4.69, 9.17) is 4.52 Å². The number of halogens is 9. The van der Waals surface area contributed by atoms with Gasteiger partial charge in [-0.2, -0.15) is 44.5 Å². The molecule has 0 N–H and O–H groups in total. The summed E-state index contributed by atoms with van der Waals surface area (Å²) in [6, 6.07) is 1.75. The second kappa shape index (κ2) is 8.90. The average Bonchev–Trinajstić information content (AvgIpc) is 3.27. The predicted octanol–water partition coefficient (Wildman–Crippen LogP) is 5.55. The smallest absolute Gasteiger partial charge is 0.419 e. The van der Waals surface area contributed by atoms with Crippen molar-refractivity contribution >= 4 is 11.8 Å². The van der Waals surface area contributed by atoms with E-state index in [0.717, 1.165) is 11.0 Å². The van der Waals surface area contributed by atoms with Gasteiger partial charge in [0.05, 0.1) is 11.0 Å². The molecule has 1 saturated heterocycles. The number of imide groups is 1. The van der Waals surface area contributed by atoms with Crippen molar-refractivity contribution < 1.29 is 58.4 Å². The highest BCUT2D eigenvalue weighted by Gasteiger charge is 2.68. The molecular formula is C21H18F9N3O4. The molecule has 2 aromatic rings. The van der Waals surface area contributed by atoms with Crippen LogP contribution in [0.1, 0.15) is 38.6 Å². The van der Waals surface area contributed by atoms with Crippen LogP contribution in [-0.2, 0) is 22.3 Å². The third-order valence-corrected chi connectivity index (χ3v) is 5.79. The van der Waals surface area contributed by atoms with Crippen LogP contribution in [0.4, 0.5) is 39.5 Å². The van der Waals surface area contributed by atoms with E-state index in [1.165, 1.54) is 0 Å². The molecule has 16 heteroatoms. The fourth-order valence-corrected chi connectivity index (χ4v) is 3.32. The maximum Gasteiger partial charge on any atom is 0.419 e. The number of hydrogen-bond acceptors (Lipinski definition) is 6. The van der Waals surface area contributed by atoms with Gasteiger partial charge in [-0.15, -0.1) is 0 Å². The minimum Gasteiger partial charge on any atom is -0.492 e. The molecule has 3 rings (SSSR count). The number of nitrogens with zero attached hydrogens (tertiary/aromatic N) is 3. The Morgan fingerprint density at radius 1 is 1.03 bits per heavy atom. The van der Waals surface area contributed by atoms with Crippen LogP contribution < -0.4 is 4.74 Å². The van der Waals surface area contributed by atoms with E-state index in [-0.39, 0.29) is 24.8 Å². The fourth-order valence-electron chi connectivity index (χ4n) is 3.32. The minimum absolute atomic E-state index is 0.0784. The Bertz CT molecular complexity index is 1190. The summed E-state index contributed by atoms with van der Waals surface area (Å²) >= 11 is 0. The van der Waals surface area contributed by atoms with Crippen molar-refractivity contribution in [2.24, 2.45) is 10.8 Å². The maximum absolute atomic E-state index is 13.6. The van der Waals surface area contributed by atoms with Gasteiger partial charge in [-0.1, -0.05) is 19.0 Å². The Hall–Kier alpha value is -3.33. The molecule has 0 bridgehead atoms. The van der Waals surface area contributed by atoms with Gasteiger partial charge in [-0.25, -0.2) is 0 Å². The zero-order valence-corrected chi connectivity index (χ0v) is 19.2. The van der Waals surface area contributed by atoms with E-state index in [1.54, 1.807) is 13.8 Å². The number of aromatic nitrogens is 2. The molecule has 2 heterocycles. The van der Waals surface area contributed by atoms with Crippen molar-refractivity contribution in [2.45, 2.75) is 52.3 Å². The summed E-state index contributed by atoms with van der Waals surface area (Å²) in [5.41, 5.74) is -7.47. The predicted molar refractivity (Wildman–Crippen MR) is 104 cm³/mol. The number of ether oxygens (including phenoxy) is 1. The van der Waals surface area contributed by atoms with Crippen LogP contribution >= 0.6 is 0 Å². The normalized spacial score (nSPS) is 17.0. The summed E-state index contributed by atoms with van der Waals surface area (Å²) in [5, 5.41) is 3.48. The molecule has 0 aliphatic carbocycles. The number of alkyl halides is 9. The molecule has 0 atom stereocenters. The van der Waals surface area contributed by atoms with Gasteiger partial charge >= 0.3 is 18.5 Å². The Morgan fingerprint density at radius 2 is 1.62 bits per heavy atom. The lowest BCUT2D eigenvalue weighted by atomic mass is 9.90. The number of hydrogen-bond donors (Lipinski definition) is 0. The molecule has 37 heavy (non-hydrogen) atoms. The van der Waals surface area contributed by atoms with Crippen molar-refractivity contribution in [3.63, 3.8) is 0 Å². The zero-order valence-electron chi connectivity index (χ0n) is 19.2. The Kier molecular flexibility index (Phi) is 6.80. The van der Waals surface area contributed by atoms with E-state index >= 15 is 0 Å². The van der Waals surface area contributed by atoms with E-state index in [0.29, 0.717) is 12.1 Å². The van der Waals surface area contributed by atoms with E-state index < -0.39 is 71.5 Å². The van der Waals surface area contributed by atoms with Gasteiger partial charge in [0.2, 0.25) is 23.5 Å². The van der Waals surface area contributed by atoms with Crippen LogP contribution in [0.25, 0.3) is 11.4 Å². The highest BCUT2D eigenvalue weighted by molar-refractivity contribution is 6.05. The third-order valence-electron chi connectivity index (χ3n) is 5.79. The first-order valence-electron chi connectivity index (χ1n) is 10.3. The standard InChI is InChI=1S/C21H18F9N3O4/c1-17(2)7-14(34)33(16(17)35)8-13-31-15(32-37-13)10-4-5-12(11(6-10)19(22,23)24)36-9-18(3,20(25,26)27)21(28,29)30/h4-6H,7-9H2,1-3H3. The summed E-state index contributed by atoms with van der Waals surface area (Å²) in [6.07, 6.45) is -17.1. The van der Waals surface area contributed by atoms with Gasteiger partial charge in [0, 0.05) is 12.0 Å². The molecule has 1 fully saturated rings. The van der Waals surface area contributed by atoms with Crippen LogP contribution in [0.2, 0.25) is 0 Å². The van der Waals surface area contributed by atoms with Crippen molar-refractivity contribution in [3.8, 4) is 17.1 Å². The fraction of sp³-hybridized carbons (Fsp3) is 0.524. The second-order valence-electron chi connectivity index (χ2n) is 9.18. The number of likely N-dealkylation sites (tertiary alicyclic amines) is 1. The topological polar surface area (TPSA) is 85.5 Å². The molecule has 1 aliphatic heterocycles. The van der Waals surface area contributed by atoms with Crippen molar-refractivity contribution in [1.29, 1.82) is 0 Å². The summed E-state index contributed by atoms with van der Waals surface area (Å²) in [5.74, 6) is -3.08. The summed E-state index contributed by atoms with van der Waals surface area (Å²) < 4.78 is 128. The van der Waals surface area contributed by atoms with Gasteiger partial charge in [0.15, 0.2) is 5.41 Å². The van der Waals surface area contributed by atoms with E-state index in [2.05, 4.69) is 14.9 Å². The highest BCUT2D eigenvalue weighted by atomic mass is 19.4. The lowest BCUT2D eigenvalue weighted by Gasteiger charge is -2.33. The molecular weight excluding hydrogens is 529 g/mol. The molecule has 0 spiro atoms. The van der Waals surface area contributed by atoms with E-state index in [1.807, 2.05) is 0 Å². The largest absolute Gasteiger partial charge is 0.492 e. The van der Waals surface area contributed by atoms with Crippen molar-refractivity contribution in [1.82, 2.24) is 15.0 Å². The third kappa shape index (κ3) is 5.37. The quantitative estimate of drug-likeness (QED) is 0.348. The molecule has 1 aromatic carbocycles. The Morgan fingerprint density at radius 3 is 2.11 bits per heavy atom. The Labute approximate surface area is 202 Å². The van der Waals surface area contributed by atoms with Crippen molar-refractivity contribution in [2.75, 3.05) is 6.61 Å². The molecule has 0 unspecified atom stereocenters. The summed E-state index contributed by atoms with van der Waals surface area (Å²) in [7, 11) is 0. The molecule has 1 aliphatic rings. The van der Waals surface area contributed by atoms with Gasteiger partial charge in [-0.3, -0.25) is 14.5 Å². The lowest BCUT2D eigenvalue weighted by Crippen LogP contribution is -2.51. The summed E-state index contributed by atoms with van der Waals surface area (Å²) in [4.78, 5) is 29.0. The first kappa shape index (κ1) is 28.2. The monoisotopic (exact) mass is 547 g/mol. The number of carbonyl (C=O) groups is 2. The van der Waals surface area contributed by atoms with Gasteiger partial charge in [0.1, 0.15) is 18.9 Å². The Balaban J connectivity index is 1.88. The SMILES string of the molecule is CC1(C)CC(=O)N(Cc2nc(-c3ccc(OCC(C)(C(F)(F)F)C(F)(F)F)c(C(F)(F)F)c3)no2)C1=O. The number of rotatable bonds is 6. The highest BCUT2D eigenvalue weighted by Crippen LogP contribution is 2.50. The van der Waals surface area contributed by atoms with Gasteiger partial charge in [0.25, 0.3) is 0 Å². The molecule has 1 aromatic heterocycles.